The number of ether oxygens (including phenoxy) is 2. The first kappa shape index (κ1) is 21.6. The van der Waals surface area contributed by atoms with Gasteiger partial charge in [0.25, 0.3) is 5.91 Å². The van der Waals surface area contributed by atoms with Crippen molar-refractivity contribution in [2.24, 2.45) is 0 Å². The molecule has 1 aromatic rings. The highest BCUT2D eigenvalue weighted by Crippen LogP contribution is 2.17. The number of rotatable bonds is 11. The molecule has 0 bridgehead atoms. The molecule has 0 aliphatic carbocycles. The normalized spacial score (nSPS) is 11.9. The van der Waals surface area contributed by atoms with Crippen LogP contribution in [0, 0.1) is 0 Å². The Morgan fingerprint density at radius 1 is 1.16 bits per heavy atom. The van der Waals surface area contributed by atoms with Gasteiger partial charge in [0.15, 0.2) is 0 Å². The predicted octanol–water partition coefficient (Wildman–Crippen LogP) is 1.50. The van der Waals surface area contributed by atoms with E-state index in [0.717, 1.165) is 0 Å². The first-order chi connectivity index (χ1) is 11.8. The Labute approximate surface area is 150 Å². The largest absolute Gasteiger partial charge is 0.382 e. The van der Waals surface area contributed by atoms with E-state index in [1.165, 1.54) is 35.6 Å². The minimum atomic E-state index is -3.54. The van der Waals surface area contributed by atoms with E-state index in [0.29, 0.717) is 38.3 Å². The average molecular weight is 372 g/mol. The third kappa shape index (κ3) is 6.74. The summed E-state index contributed by atoms with van der Waals surface area (Å²) in [4.78, 5) is 12.2. The maximum Gasteiger partial charge on any atom is 0.251 e. The van der Waals surface area contributed by atoms with E-state index in [1.54, 1.807) is 21.0 Å². The SMILES string of the molecule is COCCOCCCNC(=O)c1ccc(S(=O)(=O)N(C)C(C)C)cc1. The molecule has 25 heavy (non-hydrogen) atoms. The molecule has 0 unspecified atom stereocenters. The summed E-state index contributed by atoms with van der Waals surface area (Å²) in [5.74, 6) is -0.238. The smallest absolute Gasteiger partial charge is 0.251 e. The molecule has 0 fully saturated rings. The Morgan fingerprint density at radius 2 is 1.80 bits per heavy atom. The monoisotopic (exact) mass is 372 g/mol. The second-order valence-corrected chi connectivity index (χ2v) is 7.85. The van der Waals surface area contributed by atoms with E-state index >= 15 is 0 Å². The highest BCUT2D eigenvalue weighted by molar-refractivity contribution is 7.89. The van der Waals surface area contributed by atoms with Gasteiger partial charge in [0.2, 0.25) is 10.0 Å². The van der Waals surface area contributed by atoms with Crippen LogP contribution in [0.5, 0.6) is 0 Å². The molecule has 0 aliphatic rings. The zero-order valence-electron chi connectivity index (χ0n) is 15.3. The van der Waals surface area contributed by atoms with Crippen molar-refractivity contribution in [1.29, 1.82) is 0 Å². The third-order valence-corrected chi connectivity index (χ3v) is 5.75. The maximum absolute atomic E-state index is 12.4. The number of hydrogen-bond donors (Lipinski definition) is 1. The first-order valence-corrected chi connectivity index (χ1v) is 9.67. The van der Waals surface area contributed by atoms with Crippen LogP contribution in [0.25, 0.3) is 0 Å². The second kappa shape index (κ2) is 10.5. The van der Waals surface area contributed by atoms with Gasteiger partial charge >= 0.3 is 0 Å². The van der Waals surface area contributed by atoms with Gasteiger partial charge in [-0.25, -0.2) is 8.42 Å². The quantitative estimate of drug-likeness (QED) is 0.595. The summed E-state index contributed by atoms with van der Waals surface area (Å²) in [6.45, 7) is 5.72. The molecule has 0 saturated heterocycles. The van der Waals surface area contributed by atoms with E-state index in [4.69, 9.17) is 9.47 Å². The van der Waals surface area contributed by atoms with Crippen LogP contribution < -0.4 is 5.32 Å². The van der Waals surface area contributed by atoms with Gasteiger partial charge in [0.1, 0.15) is 0 Å². The number of amides is 1. The molecule has 8 heteroatoms. The van der Waals surface area contributed by atoms with Crippen LogP contribution in [0.4, 0.5) is 0 Å². The summed E-state index contributed by atoms with van der Waals surface area (Å²) in [5.41, 5.74) is 0.423. The minimum Gasteiger partial charge on any atom is -0.382 e. The molecule has 142 valence electrons. The molecule has 0 heterocycles. The second-order valence-electron chi connectivity index (χ2n) is 5.85. The molecular formula is C17H28N2O5S. The third-order valence-electron chi connectivity index (χ3n) is 3.70. The van der Waals surface area contributed by atoms with E-state index in [9.17, 15) is 13.2 Å². The summed E-state index contributed by atoms with van der Waals surface area (Å²) in [7, 11) is -0.389. The number of nitrogens with zero attached hydrogens (tertiary/aromatic N) is 1. The van der Waals surface area contributed by atoms with E-state index in [-0.39, 0.29) is 16.8 Å². The molecule has 0 spiro atoms. The van der Waals surface area contributed by atoms with Crippen LogP contribution in [0.15, 0.2) is 29.2 Å². The van der Waals surface area contributed by atoms with Crippen LogP contribution >= 0.6 is 0 Å². The van der Waals surface area contributed by atoms with Gasteiger partial charge in [0.05, 0.1) is 18.1 Å². The summed E-state index contributed by atoms with van der Waals surface area (Å²) < 4.78 is 36.2. The van der Waals surface area contributed by atoms with Crippen molar-refractivity contribution in [3.05, 3.63) is 29.8 Å². The molecule has 0 radical (unpaired) electrons. The van der Waals surface area contributed by atoms with Crippen molar-refractivity contribution in [3.63, 3.8) is 0 Å². The molecule has 0 aliphatic heterocycles. The fourth-order valence-corrected chi connectivity index (χ4v) is 3.31. The van der Waals surface area contributed by atoms with Gasteiger partial charge < -0.3 is 14.8 Å². The van der Waals surface area contributed by atoms with Crippen LogP contribution in [-0.2, 0) is 19.5 Å². The summed E-state index contributed by atoms with van der Waals surface area (Å²) in [6.07, 6.45) is 0.696. The van der Waals surface area contributed by atoms with Gasteiger partial charge in [-0.3, -0.25) is 4.79 Å². The number of carbonyl (C=O) groups excluding carboxylic acids is 1. The Morgan fingerprint density at radius 3 is 2.36 bits per heavy atom. The van der Waals surface area contributed by atoms with Crippen LogP contribution in [0.2, 0.25) is 0 Å². The maximum atomic E-state index is 12.4. The van der Waals surface area contributed by atoms with Gasteiger partial charge in [-0.1, -0.05) is 0 Å². The zero-order valence-corrected chi connectivity index (χ0v) is 16.1. The Kier molecular flexibility index (Phi) is 9.05. The van der Waals surface area contributed by atoms with Gasteiger partial charge in [-0.05, 0) is 44.5 Å². The van der Waals surface area contributed by atoms with E-state index in [1.807, 2.05) is 0 Å². The fraction of sp³-hybridized carbons (Fsp3) is 0.588. The molecule has 1 amide bonds. The summed E-state index contributed by atoms with van der Waals surface area (Å²) in [6, 6.07) is 5.81. The van der Waals surface area contributed by atoms with Crippen LogP contribution in [-0.4, -0.2) is 65.2 Å². The molecular weight excluding hydrogens is 344 g/mol. The van der Waals surface area contributed by atoms with Crippen molar-refractivity contribution in [2.45, 2.75) is 31.2 Å². The molecule has 0 aromatic heterocycles. The number of sulfonamides is 1. The molecule has 1 N–H and O–H groups in total. The van der Waals surface area contributed by atoms with Crippen LogP contribution in [0.1, 0.15) is 30.6 Å². The molecule has 7 nitrogen and oxygen atoms in total. The van der Waals surface area contributed by atoms with E-state index in [2.05, 4.69) is 5.32 Å². The Balaban J connectivity index is 2.52. The molecule has 1 aromatic carbocycles. The lowest BCUT2D eigenvalue weighted by molar-refractivity contribution is 0.0688. The number of nitrogens with one attached hydrogen (secondary N) is 1. The zero-order chi connectivity index (χ0) is 18.9. The van der Waals surface area contributed by atoms with Gasteiger partial charge in [-0.15, -0.1) is 0 Å². The van der Waals surface area contributed by atoms with Crippen molar-refractivity contribution >= 4 is 15.9 Å². The van der Waals surface area contributed by atoms with Crippen LogP contribution in [0.3, 0.4) is 0 Å². The number of carbonyl (C=O) groups is 1. The standard InChI is InChI=1S/C17H28N2O5S/c1-14(2)19(3)25(21,22)16-8-6-15(7-9-16)17(20)18-10-5-11-24-13-12-23-4/h6-9,14H,5,10-13H2,1-4H3,(H,18,20). The lowest BCUT2D eigenvalue weighted by atomic mass is 10.2. The summed E-state index contributed by atoms with van der Waals surface area (Å²) in [5, 5.41) is 2.78. The van der Waals surface area contributed by atoms with Crippen molar-refractivity contribution in [1.82, 2.24) is 9.62 Å². The van der Waals surface area contributed by atoms with E-state index < -0.39 is 10.0 Å². The number of benzene rings is 1. The fourth-order valence-electron chi connectivity index (χ4n) is 1.94. The lowest BCUT2D eigenvalue weighted by Gasteiger charge is -2.21. The highest BCUT2D eigenvalue weighted by Gasteiger charge is 2.23. The minimum absolute atomic E-state index is 0.140. The topological polar surface area (TPSA) is 84.9 Å². The molecule has 0 saturated carbocycles. The first-order valence-electron chi connectivity index (χ1n) is 8.23. The van der Waals surface area contributed by atoms with Gasteiger partial charge in [-0.2, -0.15) is 4.31 Å². The number of hydrogen-bond acceptors (Lipinski definition) is 5. The Bertz CT molecular complexity index is 629. The predicted molar refractivity (Wildman–Crippen MR) is 96.2 cm³/mol. The molecule has 0 atom stereocenters. The average Bonchev–Trinajstić information content (AvgIpc) is 2.60. The summed E-state index contributed by atoms with van der Waals surface area (Å²) >= 11 is 0. The van der Waals surface area contributed by atoms with Crippen molar-refractivity contribution < 1.29 is 22.7 Å². The lowest BCUT2D eigenvalue weighted by Crippen LogP contribution is -2.33. The van der Waals surface area contributed by atoms with Gasteiger partial charge in [0, 0.05) is 38.9 Å². The Hall–Kier alpha value is -1.48. The van der Waals surface area contributed by atoms with Crippen molar-refractivity contribution in [2.75, 3.05) is 40.5 Å². The van der Waals surface area contributed by atoms with Crippen molar-refractivity contribution in [3.8, 4) is 0 Å². The molecule has 1 rings (SSSR count). The highest BCUT2D eigenvalue weighted by atomic mass is 32.2. The number of methoxy groups -OCH3 is 1.